The molecule has 3 unspecified atom stereocenters. The lowest BCUT2D eigenvalue weighted by molar-refractivity contribution is -0.141. The maximum absolute atomic E-state index is 14.4. The van der Waals surface area contributed by atoms with Crippen LogP contribution in [-0.4, -0.2) is 63.0 Å². The predicted octanol–water partition coefficient (Wildman–Crippen LogP) is 5.06. The largest absolute Gasteiger partial charge is 0.494 e. The summed E-state index contributed by atoms with van der Waals surface area (Å²) >= 11 is 7.66. The minimum atomic E-state index is -0.833. The maximum Gasteiger partial charge on any atom is 0.248 e. The minimum Gasteiger partial charge on any atom is -0.494 e. The molecule has 0 aromatic heterocycles. The number of amides is 3. The van der Waals surface area contributed by atoms with Gasteiger partial charge in [-0.1, -0.05) is 32.4 Å². The monoisotopic (exact) mass is 599 g/mol. The van der Waals surface area contributed by atoms with E-state index in [1.54, 1.807) is 65.2 Å². The minimum absolute atomic E-state index is 0.0188. The van der Waals surface area contributed by atoms with Crippen LogP contribution in [0, 0.1) is 23.7 Å². The molecule has 10 heteroatoms. The van der Waals surface area contributed by atoms with E-state index in [-0.39, 0.29) is 41.4 Å². The van der Waals surface area contributed by atoms with E-state index in [0.29, 0.717) is 35.2 Å². The fourth-order valence-corrected chi connectivity index (χ4v) is 9.58. The van der Waals surface area contributed by atoms with Gasteiger partial charge in [-0.3, -0.25) is 14.4 Å². The molecule has 1 spiro atoms. The molecule has 3 aliphatic heterocycles. The number of hydrogen-bond acceptors (Lipinski definition) is 6. The number of carbonyl (C=O) groups is 3. The normalized spacial score (nSPS) is 29.0. The van der Waals surface area contributed by atoms with Gasteiger partial charge in [0.2, 0.25) is 17.7 Å². The van der Waals surface area contributed by atoms with Crippen LogP contribution in [0.2, 0.25) is 5.02 Å². The summed E-state index contributed by atoms with van der Waals surface area (Å²) in [4.78, 5) is 44.0. The molecule has 8 nitrogen and oxygen atoms in total. The van der Waals surface area contributed by atoms with E-state index >= 15 is 0 Å². The van der Waals surface area contributed by atoms with Gasteiger partial charge in [0.1, 0.15) is 11.8 Å². The van der Waals surface area contributed by atoms with Crippen LogP contribution in [0.15, 0.2) is 48.5 Å². The van der Waals surface area contributed by atoms with Crippen LogP contribution in [0.1, 0.15) is 40.5 Å². The van der Waals surface area contributed by atoms with Crippen molar-refractivity contribution in [3.05, 3.63) is 53.6 Å². The summed E-state index contributed by atoms with van der Waals surface area (Å²) < 4.78 is 4.72. The second-order valence-corrected chi connectivity index (χ2v) is 13.7. The van der Waals surface area contributed by atoms with Crippen molar-refractivity contribution in [1.29, 1.82) is 0 Å². The van der Waals surface area contributed by atoms with Gasteiger partial charge in [0.15, 0.2) is 0 Å². The van der Waals surface area contributed by atoms with Crippen molar-refractivity contribution in [1.82, 2.24) is 4.90 Å². The summed E-state index contributed by atoms with van der Waals surface area (Å²) in [6.45, 7) is 8.33. The number of aliphatic hydroxyl groups is 1. The van der Waals surface area contributed by atoms with Crippen molar-refractivity contribution in [2.45, 2.75) is 62.6 Å². The molecule has 7 atom stereocenters. The average molecular weight is 600 g/mol. The van der Waals surface area contributed by atoms with E-state index in [1.165, 1.54) is 0 Å². The molecular formula is C31H38ClN3O5S. The zero-order valence-corrected chi connectivity index (χ0v) is 25.4. The van der Waals surface area contributed by atoms with Gasteiger partial charge < -0.3 is 25.4 Å². The second kappa shape index (κ2) is 11.9. The van der Waals surface area contributed by atoms with Crippen molar-refractivity contribution < 1.29 is 24.2 Å². The van der Waals surface area contributed by atoms with Crippen molar-refractivity contribution >= 4 is 52.5 Å². The van der Waals surface area contributed by atoms with Crippen LogP contribution in [0.25, 0.3) is 0 Å². The number of thioether (sulfide) groups is 1. The van der Waals surface area contributed by atoms with E-state index in [0.717, 1.165) is 6.42 Å². The van der Waals surface area contributed by atoms with Crippen molar-refractivity contribution in [3.8, 4) is 5.75 Å². The SMILES string of the molecule is CCOc1ccc(NC(=O)[C@@H]2[C@H]3C(=O)N([C@@H](CO)CC(C)C)C(C(=O)Nc4ccc(Cl)cc4)C34S[C@@H]2CC4C)cc1. The summed E-state index contributed by atoms with van der Waals surface area (Å²) in [6.07, 6.45) is 1.27. The number of carbonyl (C=O) groups excluding carboxylic acids is 3. The predicted molar refractivity (Wildman–Crippen MR) is 162 cm³/mol. The Balaban J connectivity index is 1.49. The smallest absolute Gasteiger partial charge is 0.248 e. The van der Waals surface area contributed by atoms with Gasteiger partial charge in [-0.05, 0) is 80.1 Å². The van der Waals surface area contributed by atoms with E-state index in [9.17, 15) is 19.5 Å². The van der Waals surface area contributed by atoms with Crippen LogP contribution < -0.4 is 15.4 Å². The van der Waals surface area contributed by atoms with Crippen LogP contribution in [0.5, 0.6) is 5.75 Å². The third-order valence-corrected chi connectivity index (χ3v) is 11.0. The quantitative estimate of drug-likeness (QED) is 0.352. The maximum atomic E-state index is 14.4. The van der Waals surface area contributed by atoms with E-state index in [2.05, 4.69) is 17.6 Å². The van der Waals surface area contributed by atoms with Crippen LogP contribution >= 0.6 is 23.4 Å². The number of benzene rings is 2. The number of rotatable bonds is 10. The Bertz CT molecular complexity index is 1290. The molecule has 3 amide bonds. The molecule has 0 aliphatic carbocycles. The topological polar surface area (TPSA) is 108 Å². The lowest BCUT2D eigenvalue weighted by atomic mass is 9.66. The number of nitrogens with zero attached hydrogens (tertiary/aromatic N) is 1. The molecule has 0 radical (unpaired) electrons. The number of hydrogen-bond donors (Lipinski definition) is 3. The Hall–Kier alpha value is -2.75. The molecule has 2 aromatic carbocycles. The fraction of sp³-hybridized carbons (Fsp3) is 0.516. The first-order valence-corrected chi connectivity index (χ1v) is 15.6. The van der Waals surface area contributed by atoms with Gasteiger partial charge in [-0.2, -0.15) is 0 Å². The first-order chi connectivity index (χ1) is 19.6. The highest BCUT2D eigenvalue weighted by atomic mass is 35.5. The molecule has 5 rings (SSSR count). The standard InChI is InChI=1S/C31H38ClN3O5S/c1-5-40-23-12-10-21(11-13-23)33-28(37)25-24-15-18(4)31(41-24)26(25)30(39)35(22(16-36)14-17(2)3)27(31)29(38)34-20-8-6-19(32)7-9-20/h6-13,17-18,22,24-27,36H,5,14-16H2,1-4H3,(H,33,37)(H,34,38)/t18?,22-,24-,25+,26+,27?,31?/m1/s1. The Morgan fingerprint density at radius 2 is 1.71 bits per heavy atom. The number of anilines is 2. The Morgan fingerprint density at radius 1 is 1.10 bits per heavy atom. The fourth-order valence-electron chi connectivity index (χ4n) is 7.04. The summed E-state index contributed by atoms with van der Waals surface area (Å²) in [5.41, 5.74) is 1.20. The highest BCUT2D eigenvalue weighted by Crippen LogP contribution is 2.69. The number of halogens is 1. The number of fused-ring (bicyclic) bond motifs is 1. The first kappa shape index (κ1) is 29.7. The Kier molecular flexibility index (Phi) is 8.60. The zero-order valence-electron chi connectivity index (χ0n) is 23.8. The van der Waals surface area contributed by atoms with Crippen molar-refractivity contribution in [3.63, 3.8) is 0 Å². The lowest BCUT2D eigenvalue weighted by Gasteiger charge is -2.40. The van der Waals surface area contributed by atoms with Crippen LogP contribution in [0.4, 0.5) is 11.4 Å². The third-order valence-electron chi connectivity index (χ3n) is 8.63. The number of nitrogens with one attached hydrogen (secondary N) is 2. The van der Waals surface area contributed by atoms with E-state index in [4.69, 9.17) is 16.3 Å². The van der Waals surface area contributed by atoms with Gasteiger partial charge in [-0.25, -0.2) is 0 Å². The number of likely N-dealkylation sites (tertiary alicyclic amines) is 1. The number of aliphatic hydroxyl groups excluding tert-OH is 1. The molecule has 3 saturated heterocycles. The molecule has 3 aliphatic rings. The van der Waals surface area contributed by atoms with Gasteiger partial charge in [0.25, 0.3) is 0 Å². The zero-order chi connectivity index (χ0) is 29.5. The Labute approximate surface area is 250 Å². The average Bonchev–Trinajstić information content (AvgIpc) is 3.53. The molecule has 220 valence electrons. The Morgan fingerprint density at radius 3 is 2.29 bits per heavy atom. The first-order valence-electron chi connectivity index (χ1n) is 14.3. The molecule has 3 fully saturated rings. The summed E-state index contributed by atoms with van der Waals surface area (Å²) in [7, 11) is 0. The third kappa shape index (κ3) is 5.32. The number of ether oxygens (including phenoxy) is 1. The second-order valence-electron chi connectivity index (χ2n) is 11.7. The highest BCUT2D eigenvalue weighted by Gasteiger charge is 2.76. The van der Waals surface area contributed by atoms with Gasteiger partial charge in [0.05, 0.1) is 35.8 Å². The van der Waals surface area contributed by atoms with E-state index < -0.39 is 28.7 Å². The summed E-state index contributed by atoms with van der Waals surface area (Å²) in [5, 5.41) is 17.0. The van der Waals surface area contributed by atoms with Gasteiger partial charge in [0, 0.05) is 21.6 Å². The van der Waals surface area contributed by atoms with Gasteiger partial charge in [-0.15, -0.1) is 11.8 Å². The molecule has 3 heterocycles. The lowest BCUT2D eigenvalue weighted by Crippen LogP contribution is -2.57. The van der Waals surface area contributed by atoms with Crippen molar-refractivity contribution in [2.75, 3.05) is 23.8 Å². The summed E-state index contributed by atoms with van der Waals surface area (Å²) in [6, 6.07) is 12.7. The van der Waals surface area contributed by atoms with Crippen LogP contribution in [0.3, 0.4) is 0 Å². The van der Waals surface area contributed by atoms with Crippen molar-refractivity contribution in [2.24, 2.45) is 23.7 Å². The molecule has 41 heavy (non-hydrogen) atoms. The highest BCUT2D eigenvalue weighted by molar-refractivity contribution is 8.02. The van der Waals surface area contributed by atoms with Gasteiger partial charge >= 0.3 is 0 Å². The van der Waals surface area contributed by atoms with Crippen LogP contribution in [-0.2, 0) is 14.4 Å². The summed E-state index contributed by atoms with van der Waals surface area (Å²) in [5.74, 6) is -1.10. The molecule has 3 N–H and O–H groups in total. The van der Waals surface area contributed by atoms with E-state index in [1.807, 2.05) is 20.8 Å². The molecular weight excluding hydrogens is 562 g/mol. The molecule has 0 saturated carbocycles. The molecule has 2 bridgehead atoms. The molecule has 2 aromatic rings.